The van der Waals surface area contributed by atoms with E-state index in [1.165, 1.54) is 13.8 Å². The minimum atomic E-state index is -5.91. The van der Waals surface area contributed by atoms with Gasteiger partial charge in [0.25, 0.3) is 11.2 Å². The van der Waals surface area contributed by atoms with Crippen LogP contribution in [0, 0.1) is 0 Å². The van der Waals surface area contributed by atoms with Crippen LogP contribution in [0.3, 0.4) is 0 Å². The van der Waals surface area contributed by atoms with Crippen molar-refractivity contribution in [1.29, 1.82) is 0 Å². The minimum absolute atomic E-state index is 0.167. The molecule has 0 aromatic rings. The molecule has 36 heavy (non-hydrogen) atoms. The van der Waals surface area contributed by atoms with Gasteiger partial charge >= 0.3 is 30.9 Å². The lowest BCUT2D eigenvalue weighted by atomic mass is 9.99. The number of aldehydes is 2. The molecule has 0 heterocycles. The van der Waals surface area contributed by atoms with Crippen molar-refractivity contribution in [2.45, 2.75) is 68.8 Å². The Labute approximate surface area is 190 Å². The van der Waals surface area contributed by atoms with Gasteiger partial charge in [-0.2, -0.15) is 65.9 Å². The number of carbonyl (C=O) groups is 3. The molecule has 0 bridgehead atoms. The lowest BCUT2D eigenvalue weighted by molar-refractivity contribution is -0.371. The molecule has 0 aromatic heterocycles. The topological polar surface area (TPSA) is 112 Å². The van der Waals surface area contributed by atoms with E-state index in [-0.39, 0.29) is 5.78 Å². The number of aliphatic hydroxyl groups excluding tert-OH is 1. The molecule has 0 saturated carbocycles. The summed E-state index contributed by atoms with van der Waals surface area (Å²) in [5.41, 5.74) is -9.77. The van der Waals surface area contributed by atoms with Crippen molar-refractivity contribution >= 4 is 18.4 Å². The average molecular weight is 578 g/mol. The van der Waals surface area contributed by atoms with Crippen molar-refractivity contribution in [2.24, 2.45) is 0 Å². The molecule has 6 nitrogen and oxygen atoms in total. The fraction of sp³-hybridized carbons (Fsp3) is 0.800. The molecule has 0 unspecified atom stereocenters. The fourth-order valence-electron chi connectivity index (χ4n) is 1.12. The molecule has 218 valence electrons. The third-order valence-electron chi connectivity index (χ3n) is 2.86. The normalized spacial score (nSPS) is 13.1. The highest BCUT2D eigenvalue weighted by atomic mass is 19.4. The van der Waals surface area contributed by atoms with E-state index in [0.29, 0.717) is 0 Å². The van der Waals surface area contributed by atoms with E-state index in [1.807, 2.05) is 0 Å². The predicted octanol–water partition coefficient (Wildman–Crippen LogP) is 4.00. The van der Waals surface area contributed by atoms with Crippen molar-refractivity contribution in [3.63, 3.8) is 0 Å². The van der Waals surface area contributed by atoms with Crippen LogP contribution in [0.4, 0.5) is 65.9 Å². The summed E-state index contributed by atoms with van der Waals surface area (Å²) in [5, 5.41) is 24.4. The fourth-order valence-corrected chi connectivity index (χ4v) is 1.12. The Bertz CT molecular complexity index is 627. The van der Waals surface area contributed by atoms with Crippen LogP contribution >= 0.6 is 0 Å². The van der Waals surface area contributed by atoms with Gasteiger partial charge in [-0.1, -0.05) is 0 Å². The Kier molecular flexibility index (Phi) is 16.6. The molecule has 0 aliphatic rings. The first kappa shape index (κ1) is 41.0. The number of carbonyl (C=O) groups excluding carboxylic acids is 3. The summed E-state index contributed by atoms with van der Waals surface area (Å²) in [6.45, 7) is 1.65. The zero-order valence-electron chi connectivity index (χ0n) is 17.5. The average Bonchev–Trinajstić information content (AvgIpc) is 2.58. The highest BCUT2D eigenvalue weighted by Gasteiger charge is 2.70. The Balaban J connectivity index is -0.000000209. The Morgan fingerprint density at radius 3 is 0.917 bits per heavy atom. The van der Waals surface area contributed by atoms with Crippen LogP contribution in [0.1, 0.15) is 26.7 Å². The summed E-state index contributed by atoms with van der Waals surface area (Å²) in [6.07, 6.45) is -33.7. The van der Waals surface area contributed by atoms with Gasteiger partial charge in [-0.15, -0.1) is 0 Å². The lowest BCUT2D eigenvalue weighted by Gasteiger charge is -2.31. The van der Waals surface area contributed by atoms with Crippen molar-refractivity contribution in [3.05, 3.63) is 0 Å². The molecule has 0 spiro atoms. The first-order valence-electron chi connectivity index (χ1n) is 8.18. The maximum absolute atomic E-state index is 11.7. The lowest BCUT2D eigenvalue weighted by Crippen LogP contribution is -2.57. The molecule has 21 heteroatoms. The number of hydrogen-bond donors (Lipinski definition) is 3. The van der Waals surface area contributed by atoms with E-state index < -0.39 is 74.1 Å². The number of alkyl halides is 15. The molecular weight excluding hydrogens is 561 g/mol. The molecule has 0 atom stereocenters. The van der Waals surface area contributed by atoms with Crippen LogP contribution in [0.25, 0.3) is 0 Å². The quantitative estimate of drug-likeness (QED) is 0.344. The van der Waals surface area contributed by atoms with Crippen LogP contribution in [-0.2, 0) is 14.4 Å². The third kappa shape index (κ3) is 15.1. The smallest absolute Gasteiger partial charge is 0.396 e. The minimum Gasteiger partial charge on any atom is -0.396 e. The van der Waals surface area contributed by atoms with Gasteiger partial charge in [0.05, 0.1) is 6.42 Å². The van der Waals surface area contributed by atoms with Crippen LogP contribution in [0.2, 0.25) is 0 Å². The molecule has 0 aliphatic carbocycles. The second-order valence-corrected chi connectivity index (χ2v) is 6.12. The molecular formula is C15H17F15O6. The molecule has 0 fully saturated rings. The number of rotatable bonds is 4. The molecule has 3 N–H and O–H groups in total. The van der Waals surface area contributed by atoms with Gasteiger partial charge < -0.3 is 24.9 Å². The van der Waals surface area contributed by atoms with Crippen LogP contribution in [-0.4, -0.2) is 82.4 Å². The summed E-state index contributed by atoms with van der Waals surface area (Å²) >= 11 is 0. The van der Waals surface area contributed by atoms with Crippen molar-refractivity contribution in [1.82, 2.24) is 0 Å². The molecule has 0 radical (unpaired) electrons. The van der Waals surface area contributed by atoms with Crippen molar-refractivity contribution in [3.8, 4) is 0 Å². The maximum Gasteiger partial charge on any atom is 0.446 e. The van der Waals surface area contributed by atoms with Crippen LogP contribution in [0.15, 0.2) is 0 Å². The molecule has 0 aromatic carbocycles. The zero-order chi connectivity index (χ0) is 30.6. The van der Waals surface area contributed by atoms with Gasteiger partial charge in [0, 0.05) is 13.0 Å². The Morgan fingerprint density at radius 2 is 0.861 bits per heavy atom. The number of halogens is 15. The highest BCUT2D eigenvalue weighted by Crippen LogP contribution is 2.45. The van der Waals surface area contributed by atoms with Gasteiger partial charge in [-0.25, -0.2) is 0 Å². The molecule has 0 amide bonds. The first-order valence-corrected chi connectivity index (χ1v) is 8.18. The second kappa shape index (κ2) is 14.5. The molecule has 0 rings (SSSR count). The summed E-state index contributed by atoms with van der Waals surface area (Å²) in [6, 6.07) is 0. The summed E-state index contributed by atoms with van der Waals surface area (Å²) in [5.74, 6) is 0.167. The monoisotopic (exact) mass is 578 g/mol. The second-order valence-electron chi connectivity index (χ2n) is 6.12. The zero-order valence-corrected chi connectivity index (χ0v) is 17.5. The highest BCUT2D eigenvalue weighted by molar-refractivity contribution is 5.72. The van der Waals surface area contributed by atoms with Gasteiger partial charge in [0.2, 0.25) is 6.29 Å². The third-order valence-corrected chi connectivity index (χ3v) is 2.86. The van der Waals surface area contributed by atoms with E-state index in [2.05, 4.69) is 0 Å². The number of aliphatic hydroxyl groups is 3. The van der Waals surface area contributed by atoms with Crippen LogP contribution in [0.5, 0.6) is 0 Å². The molecule has 0 aliphatic heterocycles. The Hall–Kier alpha value is -2.16. The van der Waals surface area contributed by atoms with E-state index >= 15 is 0 Å². The maximum atomic E-state index is 11.7. The van der Waals surface area contributed by atoms with Crippen molar-refractivity contribution < 1.29 is 95.6 Å². The summed E-state index contributed by atoms with van der Waals surface area (Å²) < 4.78 is 171. The van der Waals surface area contributed by atoms with Crippen LogP contribution < -0.4 is 0 Å². The number of ketones is 1. The van der Waals surface area contributed by atoms with E-state index in [1.54, 1.807) is 0 Å². The largest absolute Gasteiger partial charge is 0.446 e. The van der Waals surface area contributed by atoms with Gasteiger partial charge in [-0.3, -0.25) is 4.79 Å². The SMILES string of the molecule is CC(C)=O.O=CC(F)(F)F.O=CCC(O)(C(F)(F)F)C(F)(F)F.OCCC(O)(C(F)(F)F)C(F)(F)F. The van der Waals surface area contributed by atoms with Gasteiger partial charge in [-0.05, 0) is 13.8 Å². The van der Waals surface area contributed by atoms with E-state index in [9.17, 15) is 75.4 Å². The van der Waals surface area contributed by atoms with E-state index in [0.717, 1.165) is 0 Å². The van der Waals surface area contributed by atoms with E-state index in [4.69, 9.17) is 20.1 Å². The van der Waals surface area contributed by atoms with Gasteiger partial charge in [0.15, 0.2) is 0 Å². The van der Waals surface area contributed by atoms with Crippen molar-refractivity contribution in [2.75, 3.05) is 6.61 Å². The number of hydrogen-bond acceptors (Lipinski definition) is 6. The first-order chi connectivity index (χ1) is 15.4. The molecule has 0 saturated heterocycles. The summed E-state index contributed by atoms with van der Waals surface area (Å²) in [7, 11) is 0. The predicted molar refractivity (Wildman–Crippen MR) is 85.0 cm³/mol. The standard InChI is InChI=1S/C5H6F6O2.C5H4F6O2.C3H6O.C2HF3O/c2*6-4(7,8)3(13,1-2-12)5(9,10)11;1-3(2)4;3-2(4,5)1-6/h12-13H,1-2H2;2,13H,1H2;1-2H3;1H. The summed E-state index contributed by atoms with van der Waals surface area (Å²) in [4.78, 5) is 27.7. The number of Topliss-reactive ketones (excluding diaryl/α,β-unsaturated/α-hetero) is 1. The Morgan fingerprint density at radius 1 is 0.639 bits per heavy atom. The van der Waals surface area contributed by atoms with Gasteiger partial charge in [0.1, 0.15) is 12.1 Å².